The van der Waals surface area contributed by atoms with Crippen molar-refractivity contribution in [1.29, 1.82) is 0 Å². The van der Waals surface area contributed by atoms with E-state index in [0.717, 1.165) is 24.6 Å². The van der Waals surface area contributed by atoms with Gasteiger partial charge in [0.2, 0.25) is 0 Å². The van der Waals surface area contributed by atoms with Crippen LogP contribution in [-0.2, 0) is 0 Å². The minimum atomic E-state index is 0.0241. The van der Waals surface area contributed by atoms with Crippen LogP contribution in [0.4, 0.5) is 10.9 Å². The lowest BCUT2D eigenvalue weighted by Gasteiger charge is -2.25. The minimum absolute atomic E-state index is 0.0241. The smallest absolute Gasteiger partial charge is 0.267 e. The van der Waals surface area contributed by atoms with Gasteiger partial charge in [-0.25, -0.2) is 4.98 Å². The molecule has 7 heteroatoms. The Morgan fingerprint density at radius 2 is 2.19 bits per heavy atom. The molecular weight excluding hydrogens is 286 g/mol. The molecule has 3 rings (SSSR count). The molecule has 0 aromatic carbocycles. The van der Waals surface area contributed by atoms with Crippen LogP contribution in [0.3, 0.4) is 0 Å². The van der Waals surface area contributed by atoms with Gasteiger partial charge in [0, 0.05) is 25.2 Å². The van der Waals surface area contributed by atoms with E-state index < -0.39 is 0 Å². The normalized spacial score (nSPS) is 22.6. The fraction of sp³-hybridized carbons (Fsp3) is 0.714. The number of amides is 1. The molecule has 1 aromatic heterocycles. The van der Waals surface area contributed by atoms with Crippen LogP contribution in [0, 0.1) is 0 Å². The number of nitrogens with two attached hydrogens (primary N) is 1. The van der Waals surface area contributed by atoms with Crippen molar-refractivity contribution < 1.29 is 4.79 Å². The lowest BCUT2D eigenvalue weighted by atomic mass is 9.93. The Labute approximate surface area is 129 Å². The monoisotopic (exact) mass is 309 g/mol. The Kier molecular flexibility index (Phi) is 4.03. The van der Waals surface area contributed by atoms with Crippen LogP contribution >= 0.6 is 11.3 Å². The number of anilines is 2. The van der Waals surface area contributed by atoms with E-state index in [-0.39, 0.29) is 5.91 Å². The molecule has 1 atom stereocenters. The lowest BCUT2D eigenvalue weighted by molar-refractivity contribution is 0.0788. The summed E-state index contributed by atoms with van der Waals surface area (Å²) in [5.41, 5.74) is 5.94. The molecular formula is C14H23N5OS. The standard InChI is InChI=1S/C14H23N5OS/c1-18(2)10-6-7-19(8-10)13(20)11-12(15)17-14(21-11)16-9-4-3-5-9/h9-10H,3-8,15H2,1-2H3,(H,16,17). The van der Waals surface area contributed by atoms with Crippen LogP contribution in [0.2, 0.25) is 0 Å². The van der Waals surface area contributed by atoms with E-state index in [1.165, 1.54) is 30.6 Å². The van der Waals surface area contributed by atoms with Gasteiger partial charge < -0.3 is 20.9 Å². The molecule has 21 heavy (non-hydrogen) atoms. The third-order valence-electron chi connectivity index (χ3n) is 4.46. The average Bonchev–Trinajstić information content (AvgIpc) is 3.00. The van der Waals surface area contributed by atoms with Gasteiger partial charge in [-0.3, -0.25) is 4.79 Å². The van der Waals surface area contributed by atoms with Crippen LogP contribution in [0.5, 0.6) is 0 Å². The summed E-state index contributed by atoms with van der Waals surface area (Å²) >= 11 is 1.39. The number of nitrogens with one attached hydrogen (secondary N) is 1. The summed E-state index contributed by atoms with van der Waals surface area (Å²) in [5, 5.41) is 4.14. The molecule has 0 radical (unpaired) electrons. The third-order valence-corrected chi connectivity index (χ3v) is 5.45. The van der Waals surface area contributed by atoms with Gasteiger partial charge in [0.15, 0.2) is 5.13 Å². The second kappa shape index (κ2) is 5.81. The molecule has 6 nitrogen and oxygen atoms in total. The summed E-state index contributed by atoms with van der Waals surface area (Å²) < 4.78 is 0. The predicted octanol–water partition coefficient (Wildman–Crippen LogP) is 1.47. The van der Waals surface area contributed by atoms with Gasteiger partial charge in [-0.15, -0.1) is 0 Å². The van der Waals surface area contributed by atoms with Gasteiger partial charge in [-0.2, -0.15) is 0 Å². The fourth-order valence-corrected chi connectivity index (χ4v) is 3.70. The second-order valence-electron chi connectivity index (χ2n) is 6.16. The van der Waals surface area contributed by atoms with E-state index in [1.54, 1.807) is 0 Å². The van der Waals surface area contributed by atoms with Crippen molar-refractivity contribution in [3.8, 4) is 0 Å². The lowest BCUT2D eigenvalue weighted by Crippen LogP contribution is -2.34. The van der Waals surface area contributed by atoms with E-state index in [2.05, 4.69) is 29.3 Å². The van der Waals surface area contributed by atoms with Gasteiger partial charge in [0.1, 0.15) is 10.7 Å². The average molecular weight is 309 g/mol. The number of aromatic nitrogens is 1. The highest BCUT2D eigenvalue weighted by molar-refractivity contribution is 7.18. The molecule has 1 aromatic rings. The number of hydrogen-bond donors (Lipinski definition) is 2. The highest BCUT2D eigenvalue weighted by atomic mass is 32.1. The number of rotatable bonds is 4. The van der Waals surface area contributed by atoms with Gasteiger partial charge in [-0.1, -0.05) is 11.3 Å². The van der Waals surface area contributed by atoms with Crippen LogP contribution in [0.1, 0.15) is 35.4 Å². The SMILES string of the molecule is CN(C)C1CCN(C(=O)c2sc(NC3CCC3)nc2N)C1. The quantitative estimate of drug-likeness (QED) is 0.881. The number of thiazole rings is 1. The predicted molar refractivity (Wildman–Crippen MR) is 85.8 cm³/mol. The van der Waals surface area contributed by atoms with Crippen molar-refractivity contribution in [2.75, 3.05) is 38.2 Å². The second-order valence-corrected chi connectivity index (χ2v) is 7.16. The fourth-order valence-electron chi connectivity index (χ4n) is 2.77. The molecule has 1 unspecified atom stereocenters. The number of carbonyl (C=O) groups is 1. The molecule has 1 aliphatic carbocycles. The molecule has 2 fully saturated rings. The van der Waals surface area contributed by atoms with E-state index in [4.69, 9.17) is 5.73 Å². The first-order chi connectivity index (χ1) is 10.0. The number of likely N-dealkylation sites (N-methyl/N-ethyl adjacent to an activating group) is 1. The Hall–Kier alpha value is -1.34. The zero-order valence-electron chi connectivity index (χ0n) is 12.6. The van der Waals surface area contributed by atoms with Crippen molar-refractivity contribution in [2.45, 2.75) is 37.8 Å². The molecule has 2 aliphatic rings. The summed E-state index contributed by atoms with van der Waals surface area (Å²) in [6, 6.07) is 0.944. The number of nitrogen functional groups attached to an aromatic ring is 1. The Bertz CT molecular complexity index is 525. The molecule has 116 valence electrons. The first kappa shape index (κ1) is 14.6. The van der Waals surface area contributed by atoms with Crippen LogP contribution in [0.25, 0.3) is 0 Å². The maximum absolute atomic E-state index is 12.6. The van der Waals surface area contributed by atoms with Crippen molar-refractivity contribution in [3.05, 3.63) is 4.88 Å². The molecule has 0 spiro atoms. The molecule has 1 saturated carbocycles. The number of hydrogen-bond acceptors (Lipinski definition) is 6. The molecule has 3 N–H and O–H groups in total. The molecule has 0 bridgehead atoms. The summed E-state index contributed by atoms with van der Waals surface area (Å²) in [6.45, 7) is 1.57. The first-order valence-corrected chi connectivity index (χ1v) is 8.35. The molecule has 1 saturated heterocycles. The Balaban J connectivity index is 1.67. The van der Waals surface area contributed by atoms with E-state index in [1.807, 2.05) is 4.90 Å². The summed E-state index contributed by atoms with van der Waals surface area (Å²) in [6.07, 6.45) is 4.65. The van der Waals surface area contributed by atoms with Crippen molar-refractivity contribution in [3.63, 3.8) is 0 Å². The summed E-state index contributed by atoms with van der Waals surface area (Å²) in [4.78, 5) is 21.5. The highest BCUT2D eigenvalue weighted by Crippen LogP contribution is 2.31. The van der Waals surface area contributed by atoms with Crippen LogP contribution in [0.15, 0.2) is 0 Å². The maximum Gasteiger partial charge on any atom is 0.267 e. The third kappa shape index (κ3) is 2.98. The van der Waals surface area contributed by atoms with E-state index >= 15 is 0 Å². The number of likely N-dealkylation sites (tertiary alicyclic amines) is 1. The number of carbonyl (C=O) groups excluding carboxylic acids is 1. The molecule has 1 amide bonds. The molecule has 2 heterocycles. The Morgan fingerprint density at radius 1 is 1.43 bits per heavy atom. The number of nitrogens with zero attached hydrogens (tertiary/aromatic N) is 3. The van der Waals surface area contributed by atoms with Crippen molar-refractivity contribution >= 4 is 28.2 Å². The van der Waals surface area contributed by atoms with E-state index in [9.17, 15) is 4.79 Å². The van der Waals surface area contributed by atoms with Crippen LogP contribution < -0.4 is 11.1 Å². The summed E-state index contributed by atoms with van der Waals surface area (Å²) in [5.74, 6) is 0.385. The minimum Gasteiger partial charge on any atom is -0.382 e. The zero-order chi connectivity index (χ0) is 15.0. The maximum atomic E-state index is 12.6. The van der Waals surface area contributed by atoms with Gasteiger partial charge >= 0.3 is 0 Å². The zero-order valence-corrected chi connectivity index (χ0v) is 13.4. The Morgan fingerprint density at radius 3 is 2.76 bits per heavy atom. The van der Waals surface area contributed by atoms with Crippen molar-refractivity contribution in [2.24, 2.45) is 0 Å². The van der Waals surface area contributed by atoms with Crippen molar-refractivity contribution in [1.82, 2.24) is 14.8 Å². The van der Waals surface area contributed by atoms with Gasteiger partial charge in [-0.05, 0) is 39.8 Å². The highest BCUT2D eigenvalue weighted by Gasteiger charge is 2.30. The first-order valence-electron chi connectivity index (χ1n) is 7.53. The van der Waals surface area contributed by atoms with Gasteiger partial charge in [0.05, 0.1) is 0 Å². The molecule has 1 aliphatic heterocycles. The topological polar surface area (TPSA) is 74.5 Å². The van der Waals surface area contributed by atoms with E-state index in [0.29, 0.717) is 22.8 Å². The van der Waals surface area contributed by atoms with Gasteiger partial charge in [0.25, 0.3) is 5.91 Å². The van der Waals surface area contributed by atoms with Crippen LogP contribution in [-0.4, -0.2) is 60.0 Å². The summed E-state index contributed by atoms with van der Waals surface area (Å²) in [7, 11) is 4.11. The largest absolute Gasteiger partial charge is 0.382 e.